The Bertz CT molecular complexity index is 726. The van der Waals surface area contributed by atoms with Gasteiger partial charge >= 0.3 is 5.97 Å². The molecule has 0 saturated carbocycles. The van der Waals surface area contributed by atoms with E-state index in [1.165, 1.54) is 6.08 Å². The molecule has 3 rings (SSSR count). The lowest BCUT2D eigenvalue weighted by Crippen LogP contribution is -2.47. The summed E-state index contributed by atoms with van der Waals surface area (Å²) in [7, 11) is 0. The molecule has 1 saturated heterocycles. The Morgan fingerprint density at radius 3 is 2.88 bits per heavy atom. The molecule has 1 fully saturated rings. The minimum atomic E-state index is -0.535. The van der Waals surface area contributed by atoms with Crippen LogP contribution in [0.1, 0.15) is 41.6 Å². The first-order chi connectivity index (χ1) is 12.5. The van der Waals surface area contributed by atoms with Gasteiger partial charge in [0.25, 0.3) is 0 Å². The van der Waals surface area contributed by atoms with E-state index in [0.29, 0.717) is 37.4 Å². The van der Waals surface area contributed by atoms with Gasteiger partial charge in [-0.1, -0.05) is 11.7 Å². The summed E-state index contributed by atoms with van der Waals surface area (Å²) in [6, 6.07) is 0. The molecule has 1 aromatic rings. The number of hydrogen-bond donors (Lipinski definition) is 0. The monoisotopic (exact) mass is 361 g/mol. The number of carbonyl (C=O) groups excluding carboxylic acids is 3. The van der Waals surface area contributed by atoms with Gasteiger partial charge in [-0.15, -0.1) is 0 Å². The second-order valence-corrected chi connectivity index (χ2v) is 6.49. The molecule has 8 nitrogen and oxygen atoms in total. The van der Waals surface area contributed by atoms with Crippen LogP contribution in [0.3, 0.4) is 0 Å². The van der Waals surface area contributed by atoms with Crippen molar-refractivity contribution in [2.45, 2.75) is 32.7 Å². The van der Waals surface area contributed by atoms with Crippen LogP contribution in [-0.2, 0) is 27.3 Å². The Kier molecular flexibility index (Phi) is 5.39. The van der Waals surface area contributed by atoms with Gasteiger partial charge in [0.05, 0.1) is 19.1 Å². The minimum absolute atomic E-state index is 0.00628. The van der Waals surface area contributed by atoms with Crippen LogP contribution in [0.2, 0.25) is 0 Å². The summed E-state index contributed by atoms with van der Waals surface area (Å²) in [5.41, 5.74) is 0.768. The van der Waals surface area contributed by atoms with Crippen molar-refractivity contribution in [2.24, 2.45) is 5.92 Å². The highest BCUT2D eigenvalue weighted by Gasteiger charge is 2.35. The molecule has 0 aromatic carbocycles. The van der Waals surface area contributed by atoms with Crippen molar-refractivity contribution in [3.8, 4) is 0 Å². The lowest BCUT2D eigenvalue weighted by Gasteiger charge is -2.35. The first-order valence-electron chi connectivity index (χ1n) is 8.89. The standard InChI is InChI=1S/C18H23N3O5/c1-3-15(22)20-8-5-6-12(10-20)17(23)21-9-7-14-13(11-21)16(19-26-14)18(24)25-4-2/h3,12H,1,4-11H2,2H3. The van der Waals surface area contributed by atoms with Crippen molar-refractivity contribution in [3.63, 3.8) is 0 Å². The molecule has 0 N–H and O–H groups in total. The van der Waals surface area contributed by atoms with Gasteiger partial charge in [-0.05, 0) is 25.8 Å². The van der Waals surface area contributed by atoms with Gasteiger partial charge in [0.15, 0.2) is 5.69 Å². The number of hydrogen-bond acceptors (Lipinski definition) is 6. The number of ether oxygens (including phenoxy) is 1. The first-order valence-corrected chi connectivity index (χ1v) is 8.89. The topological polar surface area (TPSA) is 93.0 Å². The molecule has 1 atom stereocenters. The number of carbonyl (C=O) groups is 3. The third-order valence-electron chi connectivity index (χ3n) is 4.86. The zero-order chi connectivity index (χ0) is 18.7. The molecule has 26 heavy (non-hydrogen) atoms. The largest absolute Gasteiger partial charge is 0.461 e. The summed E-state index contributed by atoms with van der Waals surface area (Å²) >= 11 is 0. The molecule has 0 bridgehead atoms. The molecule has 2 amide bonds. The number of piperidine rings is 1. The fourth-order valence-corrected chi connectivity index (χ4v) is 3.52. The van der Waals surface area contributed by atoms with Gasteiger partial charge in [-0.2, -0.15) is 0 Å². The molecular formula is C18H23N3O5. The second kappa shape index (κ2) is 7.72. The molecule has 2 aliphatic heterocycles. The van der Waals surface area contributed by atoms with Crippen molar-refractivity contribution in [2.75, 3.05) is 26.2 Å². The maximum Gasteiger partial charge on any atom is 0.360 e. The average molecular weight is 361 g/mol. The van der Waals surface area contributed by atoms with Crippen LogP contribution < -0.4 is 0 Å². The number of aromatic nitrogens is 1. The van der Waals surface area contributed by atoms with Crippen molar-refractivity contribution < 1.29 is 23.6 Å². The Labute approximate surface area is 151 Å². The van der Waals surface area contributed by atoms with E-state index in [9.17, 15) is 14.4 Å². The van der Waals surface area contributed by atoms with Gasteiger partial charge in [0.1, 0.15) is 5.76 Å². The van der Waals surface area contributed by atoms with Crippen molar-refractivity contribution in [1.82, 2.24) is 15.0 Å². The first kappa shape index (κ1) is 18.2. The van der Waals surface area contributed by atoms with Crippen LogP contribution in [0.4, 0.5) is 0 Å². The zero-order valence-electron chi connectivity index (χ0n) is 14.9. The molecule has 3 heterocycles. The SMILES string of the molecule is C=CC(=O)N1CCCC(C(=O)N2CCc3onc(C(=O)OCC)c3C2)C1. The molecule has 2 aliphatic rings. The van der Waals surface area contributed by atoms with E-state index in [4.69, 9.17) is 9.26 Å². The summed E-state index contributed by atoms with van der Waals surface area (Å²) in [4.78, 5) is 40.2. The number of esters is 1. The molecule has 0 spiro atoms. The average Bonchev–Trinajstić information content (AvgIpc) is 3.10. The Hall–Kier alpha value is -2.64. The summed E-state index contributed by atoms with van der Waals surface area (Å²) in [5, 5.41) is 3.82. The number of nitrogens with zero attached hydrogens (tertiary/aromatic N) is 3. The Morgan fingerprint density at radius 2 is 2.15 bits per heavy atom. The summed E-state index contributed by atoms with van der Waals surface area (Å²) in [5.74, 6) is -0.295. The molecule has 140 valence electrons. The Morgan fingerprint density at radius 1 is 1.35 bits per heavy atom. The summed E-state index contributed by atoms with van der Waals surface area (Å²) < 4.78 is 10.2. The van der Waals surface area contributed by atoms with E-state index in [1.807, 2.05) is 0 Å². The van der Waals surface area contributed by atoms with E-state index in [-0.39, 0.29) is 36.6 Å². The number of fused-ring (bicyclic) bond motifs is 1. The van der Waals surface area contributed by atoms with Crippen LogP contribution in [0.15, 0.2) is 17.2 Å². The fraction of sp³-hybridized carbons (Fsp3) is 0.556. The highest BCUT2D eigenvalue weighted by molar-refractivity contribution is 5.90. The number of likely N-dealkylation sites (tertiary alicyclic amines) is 1. The van der Waals surface area contributed by atoms with E-state index in [1.54, 1.807) is 16.7 Å². The molecule has 0 radical (unpaired) electrons. The molecular weight excluding hydrogens is 338 g/mol. The van der Waals surface area contributed by atoms with Crippen LogP contribution in [0.25, 0.3) is 0 Å². The maximum atomic E-state index is 12.9. The predicted molar refractivity (Wildman–Crippen MR) is 91.1 cm³/mol. The third kappa shape index (κ3) is 3.49. The van der Waals surface area contributed by atoms with Gasteiger partial charge < -0.3 is 19.1 Å². The highest BCUT2D eigenvalue weighted by atomic mass is 16.5. The fourth-order valence-electron chi connectivity index (χ4n) is 3.52. The highest BCUT2D eigenvalue weighted by Crippen LogP contribution is 2.26. The second-order valence-electron chi connectivity index (χ2n) is 6.49. The van der Waals surface area contributed by atoms with Crippen molar-refractivity contribution >= 4 is 17.8 Å². The van der Waals surface area contributed by atoms with E-state index < -0.39 is 5.97 Å². The van der Waals surface area contributed by atoms with Crippen molar-refractivity contribution in [1.29, 1.82) is 0 Å². The molecule has 1 unspecified atom stereocenters. The van der Waals surface area contributed by atoms with E-state index >= 15 is 0 Å². The van der Waals surface area contributed by atoms with E-state index in [2.05, 4.69) is 11.7 Å². The van der Waals surface area contributed by atoms with Crippen LogP contribution >= 0.6 is 0 Å². The lowest BCUT2D eigenvalue weighted by atomic mass is 9.95. The molecule has 1 aromatic heterocycles. The van der Waals surface area contributed by atoms with Crippen molar-refractivity contribution in [3.05, 3.63) is 29.7 Å². The zero-order valence-corrected chi connectivity index (χ0v) is 14.9. The molecule has 0 aliphatic carbocycles. The smallest absolute Gasteiger partial charge is 0.360 e. The molecule has 8 heteroatoms. The van der Waals surface area contributed by atoms with Gasteiger partial charge in [0.2, 0.25) is 11.8 Å². The number of rotatable bonds is 4. The Balaban J connectivity index is 1.71. The maximum absolute atomic E-state index is 12.9. The van der Waals surface area contributed by atoms with E-state index in [0.717, 1.165) is 12.8 Å². The van der Waals surface area contributed by atoms with Gasteiger partial charge in [-0.3, -0.25) is 9.59 Å². The number of amides is 2. The normalized spacial score (nSPS) is 19.7. The summed E-state index contributed by atoms with van der Waals surface area (Å²) in [6.45, 7) is 7.32. The summed E-state index contributed by atoms with van der Waals surface area (Å²) in [6.07, 6.45) is 3.33. The quantitative estimate of drug-likeness (QED) is 0.590. The van der Waals surface area contributed by atoms with Crippen LogP contribution in [-0.4, -0.2) is 59.0 Å². The third-order valence-corrected chi connectivity index (χ3v) is 4.86. The minimum Gasteiger partial charge on any atom is -0.461 e. The van der Waals surface area contributed by atoms with Gasteiger partial charge in [-0.25, -0.2) is 4.79 Å². The van der Waals surface area contributed by atoms with Gasteiger partial charge in [0, 0.05) is 31.6 Å². The van der Waals surface area contributed by atoms with Crippen LogP contribution in [0, 0.1) is 5.92 Å². The predicted octanol–water partition coefficient (Wildman–Crippen LogP) is 1.16. The lowest BCUT2D eigenvalue weighted by molar-refractivity contribution is -0.140. The van der Waals surface area contributed by atoms with Crippen LogP contribution in [0.5, 0.6) is 0 Å².